The van der Waals surface area contributed by atoms with E-state index in [2.05, 4.69) is 18.9 Å². The van der Waals surface area contributed by atoms with Gasteiger partial charge in [0.15, 0.2) is 0 Å². The van der Waals surface area contributed by atoms with Crippen molar-refractivity contribution < 1.29 is 9.53 Å². The lowest BCUT2D eigenvalue weighted by Gasteiger charge is -2.35. The third kappa shape index (κ3) is 3.64. The number of carbonyl (C=O) groups is 1. The largest absolute Gasteiger partial charge is 0.372 e. The molecule has 0 spiro atoms. The first-order chi connectivity index (χ1) is 9.92. The van der Waals surface area contributed by atoms with E-state index in [0.717, 1.165) is 18.7 Å². The Hall–Kier alpha value is -1.36. The normalized spacial score (nSPS) is 22.6. The quantitative estimate of drug-likeness (QED) is 0.854. The van der Waals surface area contributed by atoms with Crippen molar-refractivity contribution in [3.63, 3.8) is 0 Å². The molecule has 2 atom stereocenters. The van der Waals surface area contributed by atoms with Gasteiger partial charge >= 0.3 is 0 Å². The maximum absolute atomic E-state index is 12.4. The van der Waals surface area contributed by atoms with Gasteiger partial charge in [-0.1, -0.05) is 0 Å². The molecule has 0 radical (unpaired) electrons. The van der Waals surface area contributed by atoms with Crippen molar-refractivity contribution >= 4 is 5.91 Å². The van der Waals surface area contributed by atoms with Crippen molar-refractivity contribution in [3.05, 3.63) is 17.0 Å². The monoisotopic (exact) mass is 293 g/mol. The number of morpholine rings is 1. The van der Waals surface area contributed by atoms with Crippen molar-refractivity contribution in [1.82, 2.24) is 14.7 Å². The lowest BCUT2D eigenvalue weighted by atomic mass is 10.1. The summed E-state index contributed by atoms with van der Waals surface area (Å²) >= 11 is 0. The summed E-state index contributed by atoms with van der Waals surface area (Å²) in [5.41, 5.74) is 3.46. The zero-order valence-electron chi connectivity index (χ0n) is 13.8. The van der Waals surface area contributed by atoms with Gasteiger partial charge in [0, 0.05) is 31.7 Å². The average Bonchev–Trinajstić information content (AvgIpc) is 2.69. The van der Waals surface area contributed by atoms with E-state index in [1.165, 1.54) is 11.3 Å². The zero-order chi connectivity index (χ0) is 15.6. The van der Waals surface area contributed by atoms with Crippen LogP contribution in [-0.4, -0.2) is 45.9 Å². The van der Waals surface area contributed by atoms with E-state index in [9.17, 15) is 4.79 Å². The predicted molar refractivity (Wildman–Crippen MR) is 82.3 cm³/mol. The number of amides is 1. The highest BCUT2D eigenvalue weighted by Gasteiger charge is 2.25. The summed E-state index contributed by atoms with van der Waals surface area (Å²) in [6, 6.07) is 0. The highest BCUT2D eigenvalue weighted by Crippen LogP contribution is 2.17. The molecule has 21 heavy (non-hydrogen) atoms. The summed E-state index contributed by atoms with van der Waals surface area (Å²) in [5.74, 6) is 0.222. The van der Waals surface area contributed by atoms with Gasteiger partial charge in [-0.15, -0.1) is 0 Å². The second kappa shape index (κ2) is 6.60. The van der Waals surface area contributed by atoms with Crippen LogP contribution in [0.15, 0.2) is 0 Å². The van der Waals surface area contributed by atoms with E-state index in [4.69, 9.17) is 4.74 Å². The van der Waals surface area contributed by atoms with Crippen LogP contribution >= 0.6 is 0 Å². The molecule has 1 aromatic rings. The molecule has 2 rings (SSSR count). The van der Waals surface area contributed by atoms with Gasteiger partial charge in [0.25, 0.3) is 0 Å². The van der Waals surface area contributed by atoms with Crippen LogP contribution in [0.25, 0.3) is 0 Å². The number of aromatic nitrogens is 2. The fourth-order valence-corrected chi connectivity index (χ4v) is 3.18. The Bertz CT molecular complexity index is 500. The van der Waals surface area contributed by atoms with Crippen molar-refractivity contribution in [2.75, 3.05) is 13.1 Å². The van der Waals surface area contributed by atoms with E-state index in [-0.39, 0.29) is 18.1 Å². The minimum Gasteiger partial charge on any atom is -0.372 e. The van der Waals surface area contributed by atoms with Crippen LogP contribution in [0.1, 0.15) is 44.1 Å². The molecule has 5 nitrogen and oxygen atoms in total. The first-order valence-electron chi connectivity index (χ1n) is 7.88. The Morgan fingerprint density at radius 1 is 1.29 bits per heavy atom. The summed E-state index contributed by atoms with van der Waals surface area (Å²) in [7, 11) is 0. The molecular weight excluding hydrogens is 266 g/mol. The lowest BCUT2D eigenvalue weighted by Crippen LogP contribution is -2.48. The van der Waals surface area contributed by atoms with Crippen LogP contribution in [0.4, 0.5) is 0 Å². The standard InChI is InChI=1S/C16H27N3O2/c1-6-19-14(5)15(13(4)17-19)7-8-16(20)18-9-11(2)21-12(3)10-18/h11-12H,6-10H2,1-5H3/t11-,12-/m1/s1. The molecular formula is C16H27N3O2. The van der Waals surface area contributed by atoms with Crippen molar-refractivity contribution in [1.29, 1.82) is 0 Å². The summed E-state index contributed by atoms with van der Waals surface area (Å²) in [6.07, 6.45) is 1.58. The highest BCUT2D eigenvalue weighted by molar-refractivity contribution is 5.76. The summed E-state index contributed by atoms with van der Waals surface area (Å²) < 4.78 is 7.69. The average molecular weight is 293 g/mol. The van der Waals surface area contributed by atoms with E-state index in [1.54, 1.807) is 0 Å². The molecule has 5 heteroatoms. The Morgan fingerprint density at radius 3 is 2.43 bits per heavy atom. The number of hydrogen-bond donors (Lipinski definition) is 0. The van der Waals surface area contributed by atoms with Crippen LogP contribution in [0.2, 0.25) is 0 Å². The van der Waals surface area contributed by atoms with Crippen LogP contribution in [-0.2, 0) is 22.5 Å². The van der Waals surface area contributed by atoms with E-state index >= 15 is 0 Å². The molecule has 1 saturated heterocycles. The minimum absolute atomic E-state index is 0.129. The maximum atomic E-state index is 12.4. The van der Waals surface area contributed by atoms with Crippen molar-refractivity contribution in [3.8, 4) is 0 Å². The van der Waals surface area contributed by atoms with Gasteiger partial charge in [-0.05, 0) is 46.6 Å². The second-order valence-corrected chi connectivity index (χ2v) is 6.02. The molecule has 0 N–H and O–H groups in total. The summed E-state index contributed by atoms with van der Waals surface area (Å²) in [5, 5.41) is 4.51. The van der Waals surface area contributed by atoms with E-state index < -0.39 is 0 Å². The van der Waals surface area contributed by atoms with Crippen molar-refractivity contribution in [2.24, 2.45) is 0 Å². The molecule has 2 heterocycles. The van der Waals surface area contributed by atoms with Crippen LogP contribution in [0.5, 0.6) is 0 Å². The predicted octanol–water partition coefficient (Wildman–Crippen LogP) is 2.09. The number of rotatable bonds is 4. The van der Waals surface area contributed by atoms with E-state index in [1.807, 2.05) is 30.4 Å². The molecule has 0 aliphatic carbocycles. The lowest BCUT2D eigenvalue weighted by molar-refractivity contribution is -0.143. The molecule has 0 bridgehead atoms. The molecule has 1 fully saturated rings. The molecule has 1 amide bonds. The molecule has 0 aromatic carbocycles. The number of aryl methyl sites for hydroxylation is 2. The molecule has 118 valence electrons. The number of hydrogen-bond acceptors (Lipinski definition) is 3. The number of nitrogens with zero attached hydrogens (tertiary/aromatic N) is 3. The first kappa shape index (κ1) is 16.0. The highest BCUT2D eigenvalue weighted by atomic mass is 16.5. The smallest absolute Gasteiger partial charge is 0.223 e. The third-order valence-electron chi connectivity index (χ3n) is 4.19. The zero-order valence-corrected chi connectivity index (χ0v) is 13.8. The molecule has 1 aliphatic rings. The fraction of sp³-hybridized carbons (Fsp3) is 0.750. The van der Waals surface area contributed by atoms with Crippen molar-refractivity contribution in [2.45, 2.75) is 66.2 Å². The van der Waals surface area contributed by atoms with Gasteiger partial charge in [-0.25, -0.2) is 0 Å². The SMILES string of the molecule is CCn1nc(C)c(CCC(=O)N2C[C@@H](C)O[C@H](C)C2)c1C. The number of ether oxygens (including phenoxy) is 1. The van der Waals surface area contributed by atoms with Gasteiger partial charge < -0.3 is 9.64 Å². The van der Waals surface area contributed by atoms with Crippen LogP contribution < -0.4 is 0 Å². The van der Waals surface area contributed by atoms with Crippen LogP contribution in [0.3, 0.4) is 0 Å². The maximum Gasteiger partial charge on any atom is 0.223 e. The van der Waals surface area contributed by atoms with Gasteiger partial charge in [0.2, 0.25) is 5.91 Å². The van der Waals surface area contributed by atoms with Gasteiger partial charge in [-0.2, -0.15) is 5.10 Å². The van der Waals surface area contributed by atoms with Crippen LogP contribution in [0, 0.1) is 13.8 Å². The Kier molecular flexibility index (Phi) is 5.04. The Balaban J connectivity index is 1.96. The fourth-order valence-electron chi connectivity index (χ4n) is 3.18. The third-order valence-corrected chi connectivity index (χ3v) is 4.19. The topological polar surface area (TPSA) is 47.4 Å². The summed E-state index contributed by atoms with van der Waals surface area (Å²) in [4.78, 5) is 14.3. The molecule has 1 aromatic heterocycles. The first-order valence-corrected chi connectivity index (χ1v) is 7.88. The summed E-state index contributed by atoms with van der Waals surface area (Å²) in [6.45, 7) is 12.5. The Morgan fingerprint density at radius 2 is 1.90 bits per heavy atom. The number of carbonyl (C=O) groups excluding carboxylic acids is 1. The Labute approximate surface area is 127 Å². The second-order valence-electron chi connectivity index (χ2n) is 6.02. The van der Waals surface area contributed by atoms with Gasteiger partial charge in [0.1, 0.15) is 0 Å². The van der Waals surface area contributed by atoms with Gasteiger partial charge in [0.05, 0.1) is 17.9 Å². The molecule has 1 aliphatic heterocycles. The minimum atomic E-state index is 0.129. The van der Waals surface area contributed by atoms with E-state index in [0.29, 0.717) is 19.5 Å². The molecule has 0 saturated carbocycles. The van der Waals surface area contributed by atoms with Gasteiger partial charge in [-0.3, -0.25) is 9.48 Å². The molecule has 0 unspecified atom stereocenters.